The predicted octanol–water partition coefficient (Wildman–Crippen LogP) is 18.5. The molecule has 11 heterocycles. The number of unbranched alkanes of at least 4 members (excludes halogenated alkanes) is 2. The second-order valence-electron chi connectivity index (χ2n) is 30.6. The Morgan fingerprint density at radius 1 is 0.344 bits per heavy atom. The molecule has 8 aromatic heterocycles. The lowest BCUT2D eigenvalue weighted by atomic mass is 9.77. The molecule has 18 rings (SSSR count). The van der Waals surface area contributed by atoms with Crippen LogP contribution in [0.15, 0.2) is 341 Å². The Kier molecular flexibility index (Phi) is 29.6. The van der Waals surface area contributed by atoms with Gasteiger partial charge in [-0.05, 0) is 126 Å². The van der Waals surface area contributed by atoms with Crippen molar-refractivity contribution in [3.63, 3.8) is 0 Å². The van der Waals surface area contributed by atoms with E-state index in [1.807, 2.05) is 207 Å². The molecule has 640 valence electrons. The largest absolute Gasteiger partial charge is 0.395 e. The first-order valence-corrected chi connectivity index (χ1v) is 43.7. The SMILES string of the molecule is CCCCN1C(=O)C(CO)(CC(=O)c2ccccn2)c2ccccc21.CCCCN1C(=O)C(O)(CC(=O)c2ccccn2)c2ccccc21.O=C(CC1(O)C(=O)N(Cc2ccccc2)c2ccccc21)c1ccccn1.O=C(Cc1ccccc1)c1sc(-c2cccnc2)nc1-c1ccccc1.O=C(Cc1ccccc1)c1sc(-c2cccnc2)nc1-c1cccnc1. The maximum absolute atomic E-state index is 13.2. The summed E-state index contributed by atoms with van der Waals surface area (Å²) in [6, 6.07) is 87.2. The summed E-state index contributed by atoms with van der Waals surface area (Å²) < 4.78 is 0. The van der Waals surface area contributed by atoms with Crippen LogP contribution in [0, 0.1) is 0 Å². The number of pyridine rings is 6. The summed E-state index contributed by atoms with van der Waals surface area (Å²) in [5.41, 5.74) is 7.65. The van der Waals surface area contributed by atoms with Crippen molar-refractivity contribution < 1.29 is 53.7 Å². The van der Waals surface area contributed by atoms with Gasteiger partial charge in [-0.3, -0.25) is 68.3 Å². The molecule has 22 nitrogen and oxygen atoms in total. The van der Waals surface area contributed by atoms with Gasteiger partial charge in [0.15, 0.2) is 40.1 Å². The number of hydrogen-bond donors (Lipinski definition) is 3. The quantitative estimate of drug-likeness (QED) is 0.0384. The third-order valence-electron chi connectivity index (χ3n) is 21.9. The van der Waals surface area contributed by atoms with Crippen LogP contribution in [0.4, 0.5) is 17.1 Å². The highest BCUT2D eigenvalue weighted by molar-refractivity contribution is 7.17. The number of aliphatic hydroxyl groups excluding tert-OH is 1. The highest BCUT2D eigenvalue weighted by Gasteiger charge is 2.54. The minimum absolute atomic E-state index is 0.0580. The molecule has 0 spiro atoms. The molecule has 3 aliphatic heterocycles. The summed E-state index contributed by atoms with van der Waals surface area (Å²) in [7, 11) is 0. The molecule has 3 amide bonds. The van der Waals surface area contributed by atoms with E-state index in [1.165, 1.54) is 40.0 Å². The molecular weight excluding hydrogens is 1640 g/mol. The average Bonchev–Trinajstić information content (AvgIpc) is 1.60. The lowest BCUT2D eigenvalue weighted by Crippen LogP contribution is -2.45. The summed E-state index contributed by atoms with van der Waals surface area (Å²) in [4.78, 5) is 143. The van der Waals surface area contributed by atoms with Gasteiger partial charge in [0.1, 0.15) is 32.5 Å². The minimum atomic E-state index is -1.89. The smallest absolute Gasteiger partial charge is 0.264 e. The zero-order valence-electron chi connectivity index (χ0n) is 70.4. The van der Waals surface area contributed by atoms with E-state index in [1.54, 1.807) is 138 Å². The van der Waals surface area contributed by atoms with E-state index in [0.717, 1.165) is 91.6 Å². The van der Waals surface area contributed by atoms with E-state index < -0.39 is 35.0 Å². The molecule has 0 saturated heterocycles. The van der Waals surface area contributed by atoms with Gasteiger partial charge in [-0.2, -0.15) is 0 Å². The van der Waals surface area contributed by atoms with Crippen LogP contribution in [-0.2, 0) is 50.4 Å². The molecule has 3 atom stereocenters. The molecule has 0 saturated carbocycles. The first-order valence-electron chi connectivity index (χ1n) is 42.0. The third kappa shape index (κ3) is 20.6. The Balaban J connectivity index is 0.000000130. The number of aromatic nitrogens is 8. The lowest BCUT2D eigenvalue weighted by molar-refractivity contribution is -0.136. The van der Waals surface area contributed by atoms with Gasteiger partial charge in [0, 0.05) is 127 Å². The molecule has 15 aromatic rings. The number of carbonyl (C=O) groups is 8. The summed E-state index contributed by atoms with van der Waals surface area (Å²) in [6.45, 7) is 5.17. The van der Waals surface area contributed by atoms with Gasteiger partial charge < -0.3 is 30.0 Å². The molecule has 3 N–H and O–H groups in total. The van der Waals surface area contributed by atoms with Gasteiger partial charge in [0.2, 0.25) is 5.91 Å². The van der Waals surface area contributed by atoms with Crippen molar-refractivity contribution in [2.45, 2.75) is 94.8 Å². The molecule has 0 fully saturated rings. The maximum Gasteiger partial charge on any atom is 0.264 e. The lowest BCUT2D eigenvalue weighted by Gasteiger charge is -2.26. The van der Waals surface area contributed by atoms with Crippen LogP contribution in [0.5, 0.6) is 0 Å². The number of ketones is 5. The van der Waals surface area contributed by atoms with Crippen molar-refractivity contribution in [3.8, 4) is 43.7 Å². The van der Waals surface area contributed by atoms with Crippen molar-refractivity contribution in [2.75, 3.05) is 34.4 Å². The molecule has 0 radical (unpaired) electrons. The van der Waals surface area contributed by atoms with Gasteiger partial charge in [-0.15, -0.1) is 22.7 Å². The number of para-hydroxylation sites is 3. The third-order valence-corrected chi connectivity index (χ3v) is 24.2. The molecule has 7 aromatic carbocycles. The number of carbonyl (C=O) groups excluding carboxylic acids is 8. The van der Waals surface area contributed by atoms with E-state index in [-0.39, 0.29) is 65.5 Å². The minimum Gasteiger partial charge on any atom is -0.395 e. The molecule has 128 heavy (non-hydrogen) atoms. The highest BCUT2D eigenvalue weighted by atomic mass is 32.1. The Labute approximate surface area is 749 Å². The van der Waals surface area contributed by atoms with Crippen molar-refractivity contribution >= 4 is 86.4 Å². The maximum atomic E-state index is 13.2. The first kappa shape index (κ1) is 89.6. The van der Waals surface area contributed by atoms with Gasteiger partial charge in [-0.1, -0.05) is 221 Å². The van der Waals surface area contributed by atoms with Gasteiger partial charge >= 0.3 is 0 Å². The summed E-state index contributed by atoms with van der Waals surface area (Å²) >= 11 is 2.84. The Morgan fingerprint density at radius 3 is 1.09 bits per heavy atom. The summed E-state index contributed by atoms with van der Waals surface area (Å²) in [6.07, 6.45) is 18.6. The molecule has 24 heteroatoms. The molecular formula is C104H91N11O11S2. The number of amides is 3. The standard InChI is InChI=1S/C22H18N2O3.C22H16N2OS.C21H15N3OS.C20H22N2O3.C19H20N2O3/c25-20(18-11-6-7-13-23-18)14-22(27)17-10-4-5-12-19(17)24(21(22)26)15-16-8-2-1-3-9-16;25-19(14-16-8-3-1-4-9-16)21-20(17-10-5-2-6-11-17)24-22(26-21)18-12-7-13-23-15-18;25-18(12-15-6-2-1-3-7-15)20-19(16-8-4-10-22-13-16)24-21(26-20)17-9-5-11-23-14-17;1-2-3-12-22-17-10-5-4-8-15(17)20(14-23,19(22)25)13-18(24)16-9-6-7-11-21-16;1-2-3-12-21-16-10-5-4-8-14(16)19(24,18(21)23)13-17(22)15-9-6-7-11-20-15/h1-13,27H,14-15H2;1-13,15H,14H2;1-11,13-14H,12H2;4-11,23H,2-3,12-14H2,1H3;4-11,24H,2-3,12-13H2,1H3. The number of benzene rings is 7. The Hall–Kier alpha value is -14.7. The van der Waals surface area contributed by atoms with E-state index in [2.05, 4.69) is 36.8 Å². The molecule has 3 aliphatic rings. The summed E-state index contributed by atoms with van der Waals surface area (Å²) in [5, 5.41) is 34.1. The topological polar surface area (TPSA) is 310 Å². The average molecular weight is 1740 g/mol. The van der Waals surface area contributed by atoms with Crippen molar-refractivity contribution in [1.82, 2.24) is 39.9 Å². The second kappa shape index (κ2) is 42.3. The van der Waals surface area contributed by atoms with Crippen LogP contribution in [0.1, 0.15) is 143 Å². The van der Waals surface area contributed by atoms with Gasteiger partial charge in [0.25, 0.3) is 11.8 Å². The van der Waals surface area contributed by atoms with Crippen molar-refractivity contribution in [1.29, 1.82) is 0 Å². The van der Waals surface area contributed by atoms with Crippen molar-refractivity contribution in [3.05, 3.63) is 401 Å². The predicted molar refractivity (Wildman–Crippen MR) is 496 cm³/mol. The van der Waals surface area contributed by atoms with Crippen molar-refractivity contribution in [2.24, 2.45) is 0 Å². The Morgan fingerprint density at radius 2 is 0.688 bits per heavy atom. The van der Waals surface area contributed by atoms with E-state index in [4.69, 9.17) is 9.97 Å². The van der Waals surface area contributed by atoms with E-state index >= 15 is 0 Å². The fourth-order valence-corrected chi connectivity index (χ4v) is 17.4. The van der Waals surface area contributed by atoms with E-state index in [0.29, 0.717) is 76.1 Å². The molecule has 3 unspecified atom stereocenters. The van der Waals surface area contributed by atoms with Gasteiger partial charge in [-0.25, -0.2) is 9.97 Å². The number of hydrogen-bond acceptors (Lipinski definition) is 21. The normalized spacial score (nSPS) is 15.6. The van der Waals surface area contributed by atoms with E-state index in [9.17, 15) is 53.7 Å². The van der Waals surface area contributed by atoms with Crippen LogP contribution in [-0.4, -0.2) is 122 Å². The second-order valence-corrected chi connectivity index (χ2v) is 32.6. The number of anilines is 3. The summed E-state index contributed by atoms with van der Waals surface area (Å²) in [5.74, 6) is -1.94. The van der Waals surface area contributed by atoms with Crippen LogP contribution in [0.25, 0.3) is 43.7 Å². The Bertz CT molecular complexity index is 6170. The number of nitrogens with zero attached hydrogens (tertiary/aromatic N) is 11. The zero-order valence-corrected chi connectivity index (χ0v) is 72.0. The van der Waals surface area contributed by atoms with Crippen LogP contribution >= 0.6 is 22.7 Å². The van der Waals surface area contributed by atoms with Crippen LogP contribution in [0.2, 0.25) is 0 Å². The first-order chi connectivity index (χ1) is 62.4. The highest BCUT2D eigenvalue weighted by Crippen LogP contribution is 2.48. The van der Waals surface area contributed by atoms with Crippen LogP contribution < -0.4 is 14.7 Å². The van der Waals surface area contributed by atoms with Gasteiger partial charge in [0.05, 0.1) is 58.5 Å². The zero-order chi connectivity index (χ0) is 89.4. The number of rotatable bonds is 28. The number of aliphatic hydroxyl groups is 3. The number of fused-ring (bicyclic) bond motifs is 3. The molecule has 0 aliphatic carbocycles. The monoisotopic (exact) mass is 1730 g/mol. The number of thiazole rings is 2. The number of Topliss-reactive ketones (excluding diaryl/α,β-unsaturated/α-hetero) is 5. The fourth-order valence-electron chi connectivity index (χ4n) is 15.4. The molecule has 0 bridgehead atoms. The fraction of sp³-hybridized carbons (Fsp3) is 0.173. The van der Waals surface area contributed by atoms with Crippen LogP contribution in [0.3, 0.4) is 0 Å².